The molecule has 0 aliphatic carbocycles. The number of piperidine rings is 1. The maximum atomic E-state index is 13.0. The highest BCUT2D eigenvalue weighted by atomic mass is 35.5. The number of amides is 1. The lowest BCUT2D eigenvalue weighted by molar-refractivity contribution is -0.136. The molecule has 1 saturated heterocycles. The van der Waals surface area contributed by atoms with Crippen molar-refractivity contribution in [2.24, 2.45) is 5.92 Å². The van der Waals surface area contributed by atoms with E-state index in [0.29, 0.717) is 36.0 Å². The second kappa shape index (κ2) is 9.29. The van der Waals surface area contributed by atoms with Gasteiger partial charge in [-0.3, -0.25) is 9.59 Å². The molecule has 1 amide bonds. The van der Waals surface area contributed by atoms with E-state index in [4.69, 9.17) is 20.8 Å². The predicted molar refractivity (Wildman–Crippen MR) is 130 cm³/mol. The SMILES string of the molecule is CCCCc1cc(=O)oc2cc(OCC(=O)N3C[C@H]4C[C@H](C3)c3cccc(=O)n3C4)c(Cl)cc12. The minimum absolute atomic E-state index is 0.0192. The number of hydrogen-bond acceptors (Lipinski definition) is 5. The fourth-order valence-corrected chi connectivity index (χ4v) is 5.46. The van der Waals surface area contributed by atoms with Gasteiger partial charge >= 0.3 is 5.63 Å². The molecule has 2 atom stereocenters. The third-order valence-corrected chi connectivity index (χ3v) is 7.16. The molecule has 7 nitrogen and oxygen atoms in total. The zero-order valence-electron chi connectivity index (χ0n) is 19.1. The van der Waals surface area contributed by atoms with Gasteiger partial charge in [-0.2, -0.15) is 0 Å². The van der Waals surface area contributed by atoms with Gasteiger partial charge in [-0.25, -0.2) is 4.79 Å². The molecule has 0 spiro atoms. The molecule has 0 N–H and O–H groups in total. The van der Waals surface area contributed by atoms with Gasteiger partial charge in [0.05, 0.1) is 5.02 Å². The molecular formula is C26H27ClN2O5. The van der Waals surface area contributed by atoms with Crippen molar-refractivity contribution >= 4 is 28.5 Å². The first-order valence-electron chi connectivity index (χ1n) is 11.8. The Kier molecular flexibility index (Phi) is 6.21. The summed E-state index contributed by atoms with van der Waals surface area (Å²) in [6.45, 7) is 3.72. The number of halogens is 1. The fraction of sp³-hybridized carbons (Fsp3) is 0.423. The molecular weight excluding hydrogens is 456 g/mol. The molecule has 0 unspecified atom stereocenters. The van der Waals surface area contributed by atoms with Crippen molar-refractivity contribution in [1.82, 2.24) is 9.47 Å². The van der Waals surface area contributed by atoms with Crippen molar-refractivity contribution in [1.29, 1.82) is 0 Å². The molecule has 1 fully saturated rings. The van der Waals surface area contributed by atoms with Crippen molar-refractivity contribution in [3.8, 4) is 5.75 Å². The number of rotatable bonds is 6. The minimum atomic E-state index is -0.415. The van der Waals surface area contributed by atoms with Crippen LogP contribution in [0.1, 0.15) is 43.4 Å². The third kappa shape index (κ3) is 4.37. The first-order chi connectivity index (χ1) is 16.4. The van der Waals surface area contributed by atoms with Gasteiger partial charge < -0.3 is 18.6 Å². The maximum Gasteiger partial charge on any atom is 0.336 e. The van der Waals surface area contributed by atoms with E-state index < -0.39 is 5.63 Å². The van der Waals surface area contributed by atoms with Crippen LogP contribution in [0.3, 0.4) is 0 Å². The summed E-state index contributed by atoms with van der Waals surface area (Å²) in [6.07, 6.45) is 3.71. The zero-order chi connectivity index (χ0) is 23.8. The molecule has 178 valence electrons. The number of ether oxygens (including phenoxy) is 1. The van der Waals surface area contributed by atoms with Gasteiger partial charge in [-0.05, 0) is 42.9 Å². The Morgan fingerprint density at radius 2 is 2.03 bits per heavy atom. The summed E-state index contributed by atoms with van der Waals surface area (Å²) >= 11 is 6.47. The van der Waals surface area contributed by atoms with Crippen LogP contribution in [0.4, 0.5) is 0 Å². The van der Waals surface area contributed by atoms with Crippen molar-refractivity contribution in [3.63, 3.8) is 0 Å². The van der Waals surface area contributed by atoms with E-state index in [1.165, 1.54) is 6.07 Å². The molecule has 2 aliphatic heterocycles. The summed E-state index contributed by atoms with van der Waals surface area (Å²) in [6, 6.07) is 10.2. The molecule has 1 aromatic carbocycles. The number of carbonyl (C=O) groups is 1. The highest BCUT2D eigenvalue weighted by Crippen LogP contribution is 2.35. The van der Waals surface area contributed by atoms with E-state index in [0.717, 1.165) is 42.3 Å². The lowest BCUT2D eigenvalue weighted by Crippen LogP contribution is -2.50. The van der Waals surface area contributed by atoms with Crippen molar-refractivity contribution in [2.45, 2.75) is 45.1 Å². The molecule has 2 aliphatic rings. The number of aryl methyl sites for hydroxylation is 1. The van der Waals surface area contributed by atoms with Gasteiger partial charge in [0.15, 0.2) is 6.61 Å². The van der Waals surface area contributed by atoms with Gasteiger partial charge in [0.2, 0.25) is 0 Å². The first kappa shape index (κ1) is 22.7. The van der Waals surface area contributed by atoms with Crippen LogP contribution in [-0.2, 0) is 17.8 Å². The van der Waals surface area contributed by atoms with Gasteiger partial charge in [0, 0.05) is 54.8 Å². The van der Waals surface area contributed by atoms with Gasteiger partial charge in [-0.15, -0.1) is 0 Å². The number of likely N-dealkylation sites (tertiary alicyclic amines) is 1. The quantitative estimate of drug-likeness (QED) is 0.496. The molecule has 3 aromatic rings. The van der Waals surface area contributed by atoms with Crippen molar-refractivity contribution < 1.29 is 13.9 Å². The maximum absolute atomic E-state index is 13.0. The average molecular weight is 483 g/mol. The van der Waals surface area contributed by atoms with E-state index in [2.05, 4.69) is 6.92 Å². The van der Waals surface area contributed by atoms with Crippen molar-refractivity contribution in [3.05, 3.63) is 73.5 Å². The Hall–Kier alpha value is -3.06. The van der Waals surface area contributed by atoms with E-state index in [9.17, 15) is 14.4 Å². The van der Waals surface area contributed by atoms with Crippen LogP contribution in [0.15, 0.2) is 50.4 Å². The number of aromatic nitrogens is 1. The summed E-state index contributed by atoms with van der Waals surface area (Å²) in [5.74, 6) is 0.573. The topological polar surface area (TPSA) is 81.8 Å². The average Bonchev–Trinajstić information content (AvgIpc) is 2.82. The highest BCUT2D eigenvalue weighted by molar-refractivity contribution is 6.32. The Bertz CT molecular complexity index is 1360. The predicted octanol–water partition coefficient (Wildman–Crippen LogP) is 3.98. The zero-order valence-corrected chi connectivity index (χ0v) is 19.8. The first-order valence-corrected chi connectivity index (χ1v) is 12.2. The summed E-state index contributed by atoms with van der Waals surface area (Å²) < 4.78 is 13.0. The van der Waals surface area contributed by atoms with Gasteiger partial charge in [0.25, 0.3) is 11.5 Å². The second-order valence-corrected chi connectivity index (χ2v) is 9.67. The molecule has 8 heteroatoms. The van der Waals surface area contributed by atoms with Crippen LogP contribution in [0.25, 0.3) is 11.0 Å². The van der Waals surface area contributed by atoms with Crippen LogP contribution in [0.2, 0.25) is 5.02 Å². The molecule has 0 saturated carbocycles. The molecule has 2 bridgehead atoms. The van der Waals surface area contributed by atoms with Crippen LogP contribution < -0.4 is 15.9 Å². The number of nitrogens with zero attached hydrogens (tertiary/aromatic N) is 2. The number of hydrogen-bond donors (Lipinski definition) is 0. The number of fused-ring (bicyclic) bond motifs is 5. The molecule has 34 heavy (non-hydrogen) atoms. The normalized spacial score (nSPS) is 19.2. The van der Waals surface area contributed by atoms with Crippen LogP contribution in [0.5, 0.6) is 5.75 Å². The summed E-state index contributed by atoms with van der Waals surface area (Å²) in [7, 11) is 0. The monoisotopic (exact) mass is 482 g/mol. The van der Waals surface area contributed by atoms with E-state index >= 15 is 0 Å². The lowest BCUT2D eigenvalue weighted by atomic mass is 9.83. The second-order valence-electron chi connectivity index (χ2n) is 9.26. The Morgan fingerprint density at radius 1 is 1.18 bits per heavy atom. The molecule has 0 radical (unpaired) electrons. The molecule has 2 aromatic heterocycles. The van der Waals surface area contributed by atoms with Crippen LogP contribution in [0, 0.1) is 5.92 Å². The molecule has 4 heterocycles. The van der Waals surface area contributed by atoms with E-state index in [-0.39, 0.29) is 29.9 Å². The third-order valence-electron chi connectivity index (χ3n) is 6.87. The Labute approximate surface area is 201 Å². The van der Waals surface area contributed by atoms with Crippen LogP contribution >= 0.6 is 11.6 Å². The van der Waals surface area contributed by atoms with E-state index in [1.807, 2.05) is 15.5 Å². The highest BCUT2D eigenvalue weighted by Gasteiger charge is 2.36. The number of pyridine rings is 1. The van der Waals surface area contributed by atoms with Gasteiger partial charge in [0.1, 0.15) is 11.3 Å². The van der Waals surface area contributed by atoms with E-state index in [1.54, 1.807) is 24.3 Å². The minimum Gasteiger partial charge on any atom is -0.482 e. The summed E-state index contributed by atoms with van der Waals surface area (Å²) in [5, 5.41) is 1.16. The summed E-state index contributed by atoms with van der Waals surface area (Å²) in [5.41, 5.74) is 1.90. The Morgan fingerprint density at radius 3 is 2.85 bits per heavy atom. The van der Waals surface area contributed by atoms with Crippen LogP contribution in [-0.4, -0.2) is 35.1 Å². The largest absolute Gasteiger partial charge is 0.482 e. The lowest BCUT2D eigenvalue weighted by Gasteiger charge is -2.42. The fourth-order valence-electron chi connectivity index (χ4n) is 5.24. The van der Waals surface area contributed by atoms with Gasteiger partial charge in [-0.1, -0.05) is 31.0 Å². The number of benzene rings is 1. The summed E-state index contributed by atoms with van der Waals surface area (Å²) in [4.78, 5) is 39.0. The smallest absolute Gasteiger partial charge is 0.336 e. The number of carbonyl (C=O) groups excluding carboxylic acids is 1. The Balaban J connectivity index is 1.31. The molecule has 5 rings (SSSR count). The van der Waals surface area contributed by atoms with Crippen molar-refractivity contribution in [2.75, 3.05) is 19.7 Å². The standard InChI is InChI=1S/C26H27ClN2O5/c1-2-3-5-17-9-26(32)34-22-11-23(20(27)10-19(17)22)33-15-25(31)28-12-16-8-18(14-28)21-6-4-7-24(30)29(21)13-16/h4,6-7,9-11,16,18H,2-3,5,8,12-15H2,1H3/t16-,18-/m1/s1. The number of unbranched alkanes of at least 4 members (excludes halogenated alkanes) is 1.